The third-order valence-electron chi connectivity index (χ3n) is 2.17. The van der Waals surface area contributed by atoms with E-state index < -0.39 is 0 Å². The van der Waals surface area contributed by atoms with Crippen LogP contribution in [-0.2, 0) is 13.1 Å². The normalized spacial score (nSPS) is 10.2. The van der Waals surface area contributed by atoms with Crippen LogP contribution in [0.3, 0.4) is 0 Å². The van der Waals surface area contributed by atoms with Crippen LogP contribution in [0.2, 0.25) is 0 Å². The van der Waals surface area contributed by atoms with Crippen LogP contribution in [0.1, 0.15) is 13.8 Å². The first-order chi connectivity index (χ1) is 6.65. The number of nitrogens with zero attached hydrogens (tertiary/aromatic N) is 2. The van der Waals surface area contributed by atoms with Crippen molar-refractivity contribution in [1.82, 2.24) is 9.13 Å². The SMILES string of the molecule is CCn1c(NC)cc(=O)n(CC)c1=O. The van der Waals surface area contributed by atoms with Crippen molar-refractivity contribution in [2.24, 2.45) is 0 Å². The van der Waals surface area contributed by atoms with E-state index in [-0.39, 0.29) is 11.2 Å². The molecule has 0 bridgehead atoms. The van der Waals surface area contributed by atoms with E-state index >= 15 is 0 Å². The molecule has 0 aliphatic rings. The highest BCUT2D eigenvalue weighted by atomic mass is 16.2. The summed E-state index contributed by atoms with van der Waals surface area (Å²) >= 11 is 0. The lowest BCUT2D eigenvalue weighted by atomic mass is 10.5. The molecule has 1 heterocycles. The van der Waals surface area contributed by atoms with Crippen molar-refractivity contribution in [3.8, 4) is 0 Å². The van der Waals surface area contributed by atoms with Gasteiger partial charge in [-0.1, -0.05) is 0 Å². The van der Waals surface area contributed by atoms with E-state index in [1.165, 1.54) is 15.2 Å². The van der Waals surface area contributed by atoms with Crippen molar-refractivity contribution in [2.75, 3.05) is 12.4 Å². The van der Waals surface area contributed by atoms with E-state index in [2.05, 4.69) is 5.32 Å². The van der Waals surface area contributed by atoms with Gasteiger partial charge in [0, 0.05) is 26.2 Å². The molecule has 5 nitrogen and oxygen atoms in total. The van der Waals surface area contributed by atoms with Crippen LogP contribution in [0.15, 0.2) is 15.7 Å². The first-order valence-corrected chi connectivity index (χ1v) is 4.68. The minimum atomic E-state index is -0.258. The Morgan fingerprint density at radius 1 is 1.21 bits per heavy atom. The molecule has 1 aromatic heterocycles. The van der Waals surface area contributed by atoms with Crippen LogP contribution in [0.25, 0.3) is 0 Å². The highest BCUT2D eigenvalue weighted by molar-refractivity contribution is 5.32. The van der Waals surface area contributed by atoms with Gasteiger partial charge < -0.3 is 5.32 Å². The number of nitrogens with one attached hydrogen (secondary N) is 1. The number of hydrogen-bond donors (Lipinski definition) is 1. The predicted molar refractivity (Wildman–Crippen MR) is 55.9 cm³/mol. The molecule has 1 rings (SSSR count). The van der Waals surface area contributed by atoms with Gasteiger partial charge in [0.1, 0.15) is 5.82 Å². The monoisotopic (exact) mass is 197 g/mol. The van der Waals surface area contributed by atoms with Gasteiger partial charge >= 0.3 is 5.69 Å². The van der Waals surface area contributed by atoms with Crippen molar-refractivity contribution in [3.63, 3.8) is 0 Å². The first-order valence-electron chi connectivity index (χ1n) is 4.68. The second kappa shape index (κ2) is 4.13. The van der Waals surface area contributed by atoms with Gasteiger partial charge in [-0.25, -0.2) is 4.79 Å². The summed E-state index contributed by atoms with van der Waals surface area (Å²) in [4.78, 5) is 23.1. The van der Waals surface area contributed by atoms with Crippen molar-refractivity contribution < 1.29 is 0 Å². The first kappa shape index (κ1) is 10.6. The van der Waals surface area contributed by atoms with Crippen LogP contribution >= 0.6 is 0 Å². The molecule has 0 amide bonds. The van der Waals surface area contributed by atoms with E-state index in [9.17, 15) is 9.59 Å². The standard InChI is InChI=1S/C9H15N3O2/c1-4-11-7(10-3)6-8(13)12(5-2)9(11)14/h6,10H,4-5H2,1-3H3. The molecule has 14 heavy (non-hydrogen) atoms. The number of aromatic nitrogens is 2. The Morgan fingerprint density at radius 2 is 1.79 bits per heavy atom. The number of rotatable bonds is 3. The summed E-state index contributed by atoms with van der Waals surface area (Å²) in [6.07, 6.45) is 0. The molecule has 0 atom stereocenters. The Labute approximate surface area is 82.0 Å². The summed E-state index contributed by atoms with van der Waals surface area (Å²) < 4.78 is 2.75. The minimum Gasteiger partial charge on any atom is -0.374 e. The van der Waals surface area contributed by atoms with Crippen LogP contribution in [0, 0.1) is 0 Å². The van der Waals surface area contributed by atoms with Crippen LogP contribution in [0.5, 0.6) is 0 Å². The van der Waals surface area contributed by atoms with Gasteiger partial charge in [0.05, 0.1) is 0 Å². The Balaban J connectivity index is 3.56. The minimum absolute atomic E-state index is 0.258. The molecule has 0 unspecified atom stereocenters. The van der Waals surface area contributed by atoms with E-state index in [0.29, 0.717) is 18.9 Å². The van der Waals surface area contributed by atoms with Gasteiger partial charge in [-0.15, -0.1) is 0 Å². The molecule has 0 saturated carbocycles. The second-order valence-electron chi connectivity index (χ2n) is 2.89. The van der Waals surface area contributed by atoms with Gasteiger partial charge in [0.2, 0.25) is 0 Å². The van der Waals surface area contributed by atoms with Crippen molar-refractivity contribution in [1.29, 1.82) is 0 Å². The van der Waals surface area contributed by atoms with Crippen molar-refractivity contribution in [2.45, 2.75) is 26.9 Å². The van der Waals surface area contributed by atoms with Crippen molar-refractivity contribution >= 4 is 5.82 Å². The third kappa shape index (κ3) is 1.57. The van der Waals surface area contributed by atoms with E-state index in [0.717, 1.165) is 0 Å². The summed E-state index contributed by atoms with van der Waals surface area (Å²) in [5.74, 6) is 0.562. The summed E-state index contributed by atoms with van der Waals surface area (Å²) in [5, 5.41) is 2.83. The quantitative estimate of drug-likeness (QED) is 0.747. The smallest absolute Gasteiger partial charge is 0.332 e. The molecule has 0 spiro atoms. The number of anilines is 1. The molecule has 0 aliphatic heterocycles. The zero-order chi connectivity index (χ0) is 10.7. The van der Waals surface area contributed by atoms with Crippen LogP contribution < -0.4 is 16.6 Å². The van der Waals surface area contributed by atoms with Gasteiger partial charge in [0.25, 0.3) is 5.56 Å². The van der Waals surface area contributed by atoms with Crippen molar-refractivity contribution in [3.05, 3.63) is 26.9 Å². The fraction of sp³-hybridized carbons (Fsp3) is 0.556. The lowest BCUT2D eigenvalue weighted by Crippen LogP contribution is -2.39. The average Bonchev–Trinajstić information content (AvgIpc) is 2.17. The Bertz CT molecular complexity index is 431. The zero-order valence-electron chi connectivity index (χ0n) is 8.70. The lowest BCUT2D eigenvalue weighted by molar-refractivity contribution is 0.593. The van der Waals surface area contributed by atoms with Gasteiger partial charge in [-0.2, -0.15) is 0 Å². The Kier molecular flexibility index (Phi) is 3.11. The highest BCUT2D eigenvalue weighted by Crippen LogP contribution is 1.98. The topological polar surface area (TPSA) is 56.0 Å². The second-order valence-corrected chi connectivity index (χ2v) is 2.89. The molecular formula is C9H15N3O2. The van der Waals surface area contributed by atoms with Crippen LogP contribution in [-0.4, -0.2) is 16.2 Å². The molecule has 78 valence electrons. The third-order valence-corrected chi connectivity index (χ3v) is 2.17. The Hall–Kier alpha value is -1.52. The maximum absolute atomic E-state index is 11.7. The molecule has 0 aliphatic carbocycles. The predicted octanol–water partition coefficient (Wildman–Crippen LogP) is 0.0915. The van der Waals surface area contributed by atoms with Gasteiger partial charge in [-0.3, -0.25) is 13.9 Å². The Morgan fingerprint density at radius 3 is 2.21 bits per heavy atom. The summed E-state index contributed by atoms with van der Waals surface area (Å²) in [7, 11) is 1.69. The highest BCUT2D eigenvalue weighted by Gasteiger charge is 2.06. The number of hydrogen-bond acceptors (Lipinski definition) is 3. The van der Waals surface area contributed by atoms with E-state index in [1.54, 1.807) is 14.0 Å². The average molecular weight is 197 g/mol. The molecule has 0 fully saturated rings. The molecule has 0 aromatic carbocycles. The molecule has 5 heteroatoms. The van der Waals surface area contributed by atoms with Gasteiger partial charge in [-0.05, 0) is 13.8 Å². The lowest BCUT2D eigenvalue weighted by Gasteiger charge is -2.11. The fourth-order valence-electron chi connectivity index (χ4n) is 1.42. The van der Waals surface area contributed by atoms with E-state index in [1.807, 2.05) is 6.92 Å². The molecule has 0 saturated heterocycles. The zero-order valence-corrected chi connectivity index (χ0v) is 8.70. The molecule has 0 radical (unpaired) electrons. The maximum Gasteiger partial charge on any atom is 0.332 e. The molecule has 1 aromatic rings. The summed E-state index contributed by atoms with van der Waals surface area (Å²) in [5.41, 5.74) is -0.515. The van der Waals surface area contributed by atoms with E-state index in [4.69, 9.17) is 0 Å². The molecule has 1 N–H and O–H groups in total. The molecular weight excluding hydrogens is 182 g/mol. The summed E-state index contributed by atoms with van der Waals surface area (Å²) in [6, 6.07) is 1.44. The van der Waals surface area contributed by atoms with Gasteiger partial charge in [0.15, 0.2) is 0 Å². The maximum atomic E-state index is 11.7. The largest absolute Gasteiger partial charge is 0.374 e. The fourth-order valence-corrected chi connectivity index (χ4v) is 1.42. The van der Waals surface area contributed by atoms with Crippen LogP contribution in [0.4, 0.5) is 5.82 Å². The summed E-state index contributed by atoms with van der Waals surface area (Å²) in [6.45, 7) is 4.60.